The van der Waals surface area contributed by atoms with E-state index in [1.165, 1.54) is 19.3 Å². The molecule has 2 aliphatic rings. The first-order valence-corrected chi connectivity index (χ1v) is 5.80. The zero-order valence-electron chi connectivity index (χ0n) is 9.04. The molecule has 1 saturated heterocycles. The summed E-state index contributed by atoms with van der Waals surface area (Å²) in [5.41, 5.74) is 0. The fourth-order valence-electron chi connectivity index (χ4n) is 2.83. The minimum atomic E-state index is 0.475. The van der Waals surface area contributed by atoms with Crippen molar-refractivity contribution in [3.8, 4) is 0 Å². The van der Waals surface area contributed by atoms with Crippen LogP contribution in [0.1, 0.15) is 39.0 Å². The second-order valence-corrected chi connectivity index (χ2v) is 4.52. The molecule has 0 radical (unpaired) electrons. The van der Waals surface area contributed by atoms with Gasteiger partial charge in [0.2, 0.25) is 0 Å². The molecule has 1 nitrogen and oxygen atoms in total. The van der Waals surface area contributed by atoms with Crippen molar-refractivity contribution < 1.29 is 4.74 Å². The van der Waals surface area contributed by atoms with Crippen molar-refractivity contribution in [1.29, 1.82) is 0 Å². The molecule has 0 aromatic heterocycles. The molecule has 2 rings (SSSR count). The predicted molar refractivity (Wildman–Crippen MR) is 58.9 cm³/mol. The molecule has 1 aliphatic carbocycles. The highest BCUT2D eigenvalue weighted by Gasteiger charge is 2.40. The Morgan fingerprint density at radius 2 is 2.29 bits per heavy atom. The molecular weight excluding hydrogens is 172 g/mol. The topological polar surface area (TPSA) is 9.23 Å². The monoisotopic (exact) mass is 192 g/mol. The first kappa shape index (κ1) is 9.82. The lowest BCUT2D eigenvalue weighted by atomic mass is 9.86. The van der Waals surface area contributed by atoms with E-state index in [-0.39, 0.29) is 0 Å². The molecule has 0 aromatic carbocycles. The highest BCUT2D eigenvalue weighted by atomic mass is 16.5. The fraction of sp³-hybridized carbons (Fsp3) is 0.692. The van der Waals surface area contributed by atoms with Crippen LogP contribution in [0.3, 0.4) is 0 Å². The molecule has 0 N–H and O–H groups in total. The van der Waals surface area contributed by atoms with E-state index in [1.54, 1.807) is 0 Å². The third kappa shape index (κ3) is 1.87. The van der Waals surface area contributed by atoms with E-state index in [4.69, 9.17) is 4.74 Å². The lowest BCUT2D eigenvalue weighted by Gasteiger charge is -2.31. The van der Waals surface area contributed by atoms with Gasteiger partial charge in [0.05, 0.1) is 5.76 Å². The Hall–Kier alpha value is -0.720. The zero-order chi connectivity index (χ0) is 9.97. The Kier molecular flexibility index (Phi) is 2.95. The lowest BCUT2D eigenvalue weighted by molar-refractivity contribution is 0.0344. The molecule has 0 aromatic rings. The van der Waals surface area contributed by atoms with Gasteiger partial charge in [-0.15, -0.1) is 0 Å². The van der Waals surface area contributed by atoms with Crippen LogP contribution < -0.4 is 0 Å². The minimum absolute atomic E-state index is 0.475. The van der Waals surface area contributed by atoms with E-state index in [0.29, 0.717) is 6.10 Å². The molecule has 1 saturated carbocycles. The molecule has 14 heavy (non-hydrogen) atoms. The minimum Gasteiger partial charge on any atom is -0.495 e. The summed E-state index contributed by atoms with van der Waals surface area (Å²) in [6, 6.07) is 0. The van der Waals surface area contributed by atoms with Crippen LogP contribution in [0.5, 0.6) is 0 Å². The normalized spacial score (nSPS) is 36.4. The molecule has 2 bridgehead atoms. The van der Waals surface area contributed by atoms with E-state index in [1.807, 2.05) is 0 Å². The maximum Gasteiger partial charge on any atom is 0.102 e. The number of allylic oxidation sites excluding steroid dienone is 3. The van der Waals surface area contributed by atoms with Crippen LogP contribution in [0.25, 0.3) is 0 Å². The lowest BCUT2D eigenvalue weighted by Crippen LogP contribution is -2.27. The van der Waals surface area contributed by atoms with Crippen LogP contribution in [0, 0.1) is 11.8 Å². The highest BCUT2D eigenvalue weighted by Crippen LogP contribution is 2.45. The smallest absolute Gasteiger partial charge is 0.102 e. The van der Waals surface area contributed by atoms with Gasteiger partial charge in [-0.25, -0.2) is 0 Å². The molecule has 1 aliphatic heterocycles. The van der Waals surface area contributed by atoms with Gasteiger partial charge in [0, 0.05) is 12.3 Å². The SMILES string of the molecule is C=C1CC2CCC(O1)C2C/C=C/CC. The molecule has 0 amide bonds. The molecule has 78 valence electrons. The van der Waals surface area contributed by atoms with E-state index < -0.39 is 0 Å². The predicted octanol–water partition coefficient (Wildman–Crippen LogP) is 3.67. The molecule has 1 heteroatoms. The summed E-state index contributed by atoms with van der Waals surface area (Å²) in [4.78, 5) is 0. The third-order valence-electron chi connectivity index (χ3n) is 3.52. The Bertz CT molecular complexity index is 226. The highest BCUT2D eigenvalue weighted by molar-refractivity contribution is 5.02. The summed E-state index contributed by atoms with van der Waals surface area (Å²) in [7, 11) is 0. The van der Waals surface area contributed by atoms with E-state index in [2.05, 4.69) is 25.7 Å². The summed E-state index contributed by atoms with van der Waals surface area (Å²) >= 11 is 0. The number of fused-ring (bicyclic) bond motifs is 2. The van der Waals surface area contributed by atoms with Crippen molar-refractivity contribution in [3.05, 3.63) is 24.5 Å². The Labute approximate surface area is 86.8 Å². The van der Waals surface area contributed by atoms with E-state index in [0.717, 1.165) is 30.4 Å². The molecular formula is C13H20O. The summed E-state index contributed by atoms with van der Waals surface area (Å²) in [6.07, 6.45) is 11.1. The standard InChI is InChI=1S/C13H20O/c1-3-4-5-6-12-11-7-8-13(12)14-10(2)9-11/h4-5,11-13H,2-3,6-9H2,1H3/b5-4+. The Balaban J connectivity index is 1.94. The third-order valence-corrected chi connectivity index (χ3v) is 3.52. The average Bonchev–Trinajstić information content (AvgIpc) is 2.42. The van der Waals surface area contributed by atoms with Gasteiger partial charge in [-0.1, -0.05) is 25.7 Å². The molecule has 3 unspecified atom stereocenters. The first-order valence-electron chi connectivity index (χ1n) is 5.80. The van der Waals surface area contributed by atoms with Crippen molar-refractivity contribution in [2.45, 2.75) is 45.1 Å². The molecule has 0 spiro atoms. The molecule has 2 fully saturated rings. The van der Waals surface area contributed by atoms with Gasteiger partial charge < -0.3 is 4.74 Å². The molecule has 1 heterocycles. The fourth-order valence-corrected chi connectivity index (χ4v) is 2.83. The number of hydrogen-bond donors (Lipinski definition) is 0. The average molecular weight is 192 g/mol. The Morgan fingerprint density at radius 1 is 1.43 bits per heavy atom. The Morgan fingerprint density at radius 3 is 3.00 bits per heavy atom. The summed E-state index contributed by atoms with van der Waals surface area (Å²) < 4.78 is 5.79. The van der Waals surface area contributed by atoms with Crippen LogP contribution in [0.15, 0.2) is 24.5 Å². The number of rotatable bonds is 3. The largest absolute Gasteiger partial charge is 0.495 e. The van der Waals surface area contributed by atoms with Crippen molar-refractivity contribution >= 4 is 0 Å². The van der Waals surface area contributed by atoms with Gasteiger partial charge in [0.25, 0.3) is 0 Å². The van der Waals surface area contributed by atoms with Gasteiger partial charge in [0.1, 0.15) is 6.10 Å². The van der Waals surface area contributed by atoms with E-state index >= 15 is 0 Å². The van der Waals surface area contributed by atoms with Crippen LogP contribution in [0.4, 0.5) is 0 Å². The summed E-state index contributed by atoms with van der Waals surface area (Å²) in [5, 5.41) is 0. The molecule has 3 atom stereocenters. The van der Waals surface area contributed by atoms with Crippen molar-refractivity contribution in [1.82, 2.24) is 0 Å². The van der Waals surface area contributed by atoms with Crippen LogP contribution in [0.2, 0.25) is 0 Å². The van der Waals surface area contributed by atoms with Gasteiger partial charge in [-0.2, -0.15) is 0 Å². The van der Waals surface area contributed by atoms with Crippen LogP contribution >= 0.6 is 0 Å². The van der Waals surface area contributed by atoms with Crippen molar-refractivity contribution in [2.75, 3.05) is 0 Å². The second kappa shape index (κ2) is 4.20. The summed E-state index contributed by atoms with van der Waals surface area (Å²) in [5.74, 6) is 2.64. The van der Waals surface area contributed by atoms with Gasteiger partial charge in [-0.3, -0.25) is 0 Å². The maximum absolute atomic E-state index is 5.79. The van der Waals surface area contributed by atoms with E-state index in [9.17, 15) is 0 Å². The second-order valence-electron chi connectivity index (χ2n) is 4.52. The first-order chi connectivity index (χ1) is 6.81. The zero-order valence-corrected chi connectivity index (χ0v) is 9.04. The van der Waals surface area contributed by atoms with Gasteiger partial charge in [0.15, 0.2) is 0 Å². The number of hydrogen-bond acceptors (Lipinski definition) is 1. The van der Waals surface area contributed by atoms with Gasteiger partial charge in [-0.05, 0) is 31.6 Å². The number of ether oxygens (including phenoxy) is 1. The maximum atomic E-state index is 5.79. The van der Waals surface area contributed by atoms with Crippen molar-refractivity contribution in [3.63, 3.8) is 0 Å². The van der Waals surface area contributed by atoms with Crippen LogP contribution in [-0.4, -0.2) is 6.10 Å². The summed E-state index contributed by atoms with van der Waals surface area (Å²) in [6.45, 7) is 6.13. The van der Waals surface area contributed by atoms with Crippen LogP contribution in [-0.2, 0) is 4.74 Å². The van der Waals surface area contributed by atoms with Crippen molar-refractivity contribution in [2.24, 2.45) is 11.8 Å². The quantitative estimate of drug-likeness (QED) is 0.620. The van der Waals surface area contributed by atoms with Gasteiger partial charge >= 0.3 is 0 Å².